The molecule has 0 atom stereocenters. The van der Waals surface area contributed by atoms with Gasteiger partial charge in [0.15, 0.2) is 17.3 Å². The second-order valence-electron chi connectivity index (χ2n) is 8.53. The molecule has 3 aromatic heterocycles. The van der Waals surface area contributed by atoms with Gasteiger partial charge < -0.3 is 21.0 Å². The summed E-state index contributed by atoms with van der Waals surface area (Å²) >= 11 is 0. The van der Waals surface area contributed by atoms with Crippen molar-refractivity contribution >= 4 is 5.82 Å². The zero-order valence-electron chi connectivity index (χ0n) is 18.3. The zero-order chi connectivity index (χ0) is 22.8. The number of nitrogens with one attached hydrogen (secondary N) is 1. The molecule has 33 heavy (non-hydrogen) atoms. The summed E-state index contributed by atoms with van der Waals surface area (Å²) in [6.07, 6.45) is 8.38. The summed E-state index contributed by atoms with van der Waals surface area (Å²) in [4.78, 5) is 24.1. The number of pyridine rings is 1. The summed E-state index contributed by atoms with van der Waals surface area (Å²) in [5.41, 5.74) is 17.0. The van der Waals surface area contributed by atoms with Crippen molar-refractivity contribution < 1.29 is 4.52 Å². The normalized spacial score (nSPS) is 13.4. The van der Waals surface area contributed by atoms with Crippen LogP contribution in [-0.2, 0) is 12.8 Å². The molecule has 1 aliphatic carbocycles. The lowest BCUT2D eigenvalue weighted by Gasteiger charge is -2.07. The van der Waals surface area contributed by atoms with Gasteiger partial charge in [-0.15, -0.1) is 0 Å². The molecule has 0 radical (unpaired) electrons. The van der Waals surface area contributed by atoms with Gasteiger partial charge in [-0.2, -0.15) is 0 Å². The second-order valence-corrected chi connectivity index (χ2v) is 8.53. The number of nitrogen functional groups attached to an aromatic ring is 1. The quantitative estimate of drug-likeness (QED) is 0.379. The Kier molecular flexibility index (Phi) is 5.75. The van der Waals surface area contributed by atoms with Gasteiger partial charge >= 0.3 is 0 Å². The van der Waals surface area contributed by atoms with Crippen molar-refractivity contribution in [1.82, 2.24) is 20.1 Å². The number of aromatic nitrogens is 4. The molecule has 0 unspecified atom stereocenters. The first-order valence-electron chi connectivity index (χ1n) is 11.2. The largest absolute Gasteiger partial charge is 0.382 e. The molecule has 168 valence electrons. The monoisotopic (exact) mass is 442 g/mol. The maximum atomic E-state index is 12.2. The van der Waals surface area contributed by atoms with E-state index in [1.54, 1.807) is 18.5 Å². The zero-order valence-corrected chi connectivity index (χ0v) is 18.3. The van der Waals surface area contributed by atoms with Crippen LogP contribution in [0.25, 0.3) is 34.0 Å². The number of nitrogens with two attached hydrogens (primary N) is 2. The van der Waals surface area contributed by atoms with E-state index < -0.39 is 0 Å². The molecule has 5 rings (SSSR count). The lowest BCUT2D eigenvalue weighted by molar-refractivity contribution is 0.434. The van der Waals surface area contributed by atoms with Gasteiger partial charge in [0.2, 0.25) is 0 Å². The SMILES string of the molecule is NCCc1cccc(-c2cc(-c3nc(-c4c[nH]c(=O)c(CCC5CC5)c4)cnc3N)on2)c1. The number of rotatable bonds is 8. The minimum atomic E-state index is -0.0558. The molecule has 4 aromatic rings. The Morgan fingerprint density at radius 1 is 1.09 bits per heavy atom. The van der Waals surface area contributed by atoms with E-state index in [-0.39, 0.29) is 11.4 Å². The highest BCUT2D eigenvalue weighted by atomic mass is 16.5. The first kappa shape index (κ1) is 21.1. The van der Waals surface area contributed by atoms with Crippen molar-refractivity contribution in [2.24, 2.45) is 11.7 Å². The Hall–Kier alpha value is -3.78. The van der Waals surface area contributed by atoms with Crippen LogP contribution in [0.15, 0.2) is 58.1 Å². The van der Waals surface area contributed by atoms with E-state index in [0.717, 1.165) is 47.4 Å². The summed E-state index contributed by atoms with van der Waals surface area (Å²) in [7, 11) is 0. The third kappa shape index (κ3) is 4.70. The van der Waals surface area contributed by atoms with Gasteiger partial charge in [0.05, 0.1) is 11.9 Å². The Morgan fingerprint density at radius 3 is 2.79 bits per heavy atom. The van der Waals surface area contributed by atoms with Crippen LogP contribution >= 0.6 is 0 Å². The number of nitrogens with zero attached hydrogens (tertiary/aromatic N) is 3. The lowest BCUT2D eigenvalue weighted by Crippen LogP contribution is -2.12. The number of aromatic amines is 1. The van der Waals surface area contributed by atoms with Gasteiger partial charge in [0.25, 0.3) is 5.56 Å². The van der Waals surface area contributed by atoms with Gasteiger partial charge in [0.1, 0.15) is 5.69 Å². The summed E-state index contributed by atoms with van der Waals surface area (Å²) in [5, 5.41) is 4.20. The van der Waals surface area contributed by atoms with Crippen LogP contribution in [0.5, 0.6) is 0 Å². The highest BCUT2D eigenvalue weighted by Crippen LogP contribution is 2.33. The smallest absolute Gasteiger partial charge is 0.251 e. The van der Waals surface area contributed by atoms with Crippen LogP contribution in [0.2, 0.25) is 0 Å². The fraction of sp³-hybridized carbons (Fsp3) is 0.280. The average molecular weight is 443 g/mol. The molecule has 0 aliphatic heterocycles. The van der Waals surface area contributed by atoms with E-state index in [1.165, 1.54) is 12.8 Å². The first-order valence-corrected chi connectivity index (χ1v) is 11.2. The molecule has 1 aromatic carbocycles. The molecule has 0 saturated heterocycles. The number of H-pyrrole nitrogens is 1. The number of benzene rings is 1. The fourth-order valence-electron chi connectivity index (χ4n) is 3.93. The van der Waals surface area contributed by atoms with Gasteiger partial charge in [-0.1, -0.05) is 36.2 Å². The molecule has 5 N–H and O–H groups in total. The van der Waals surface area contributed by atoms with E-state index >= 15 is 0 Å². The molecule has 1 aliphatic rings. The molecule has 3 heterocycles. The fourth-order valence-corrected chi connectivity index (χ4v) is 3.93. The summed E-state index contributed by atoms with van der Waals surface area (Å²) in [6.45, 7) is 0.583. The predicted octanol–water partition coefficient (Wildman–Crippen LogP) is 3.58. The second kappa shape index (κ2) is 8.99. The van der Waals surface area contributed by atoms with Gasteiger partial charge in [-0.3, -0.25) is 4.79 Å². The van der Waals surface area contributed by atoms with Gasteiger partial charge in [0, 0.05) is 29.0 Å². The van der Waals surface area contributed by atoms with Crippen molar-refractivity contribution in [3.05, 3.63) is 70.3 Å². The Balaban J connectivity index is 1.45. The Bertz CT molecular complexity index is 1340. The molecule has 1 fully saturated rings. The predicted molar refractivity (Wildman–Crippen MR) is 127 cm³/mol. The van der Waals surface area contributed by atoms with Crippen molar-refractivity contribution in [2.45, 2.75) is 32.1 Å². The highest BCUT2D eigenvalue weighted by molar-refractivity contribution is 5.73. The van der Waals surface area contributed by atoms with Crippen molar-refractivity contribution in [3.8, 4) is 34.0 Å². The molecule has 0 spiro atoms. The van der Waals surface area contributed by atoms with E-state index in [2.05, 4.69) is 20.1 Å². The summed E-state index contributed by atoms with van der Waals surface area (Å²) < 4.78 is 5.58. The number of hydrogen-bond acceptors (Lipinski definition) is 7. The summed E-state index contributed by atoms with van der Waals surface area (Å²) in [6, 6.07) is 11.7. The summed E-state index contributed by atoms with van der Waals surface area (Å²) in [5.74, 6) is 1.43. The maximum absolute atomic E-state index is 12.2. The Morgan fingerprint density at radius 2 is 1.97 bits per heavy atom. The average Bonchev–Trinajstić information content (AvgIpc) is 3.53. The van der Waals surface area contributed by atoms with E-state index in [9.17, 15) is 4.79 Å². The minimum absolute atomic E-state index is 0.0558. The van der Waals surface area contributed by atoms with Crippen molar-refractivity contribution in [1.29, 1.82) is 0 Å². The molecular weight excluding hydrogens is 416 g/mol. The topological polar surface area (TPSA) is 137 Å². The van der Waals surface area contributed by atoms with Crippen LogP contribution in [0.1, 0.15) is 30.4 Å². The Labute approximate surface area is 191 Å². The van der Waals surface area contributed by atoms with Crippen LogP contribution in [0, 0.1) is 5.92 Å². The first-order chi connectivity index (χ1) is 16.1. The van der Waals surface area contributed by atoms with E-state index in [1.807, 2.05) is 30.3 Å². The van der Waals surface area contributed by atoms with Gasteiger partial charge in [-0.25, -0.2) is 9.97 Å². The molecule has 0 bridgehead atoms. The molecular formula is C25H26N6O2. The number of hydrogen-bond donors (Lipinski definition) is 3. The molecule has 1 saturated carbocycles. The van der Waals surface area contributed by atoms with Crippen LogP contribution in [0.3, 0.4) is 0 Å². The van der Waals surface area contributed by atoms with Crippen LogP contribution in [-0.4, -0.2) is 26.7 Å². The third-order valence-electron chi connectivity index (χ3n) is 5.99. The number of aryl methyl sites for hydroxylation is 1. The van der Waals surface area contributed by atoms with Crippen molar-refractivity contribution in [2.75, 3.05) is 12.3 Å². The van der Waals surface area contributed by atoms with Crippen LogP contribution < -0.4 is 17.0 Å². The third-order valence-corrected chi connectivity index (χ3v) is 5.99. The van der Waals surface area contributed by atoms with Crippen LogP contribution in [0.4, 0.5) is 5.82 Å². The molecule has 8 heteroatoms. The van der Waals surface area contributed by atoms with Gasteiger partial charge in [-0.05, 0) is 49.4 Å². The standard InChI is InChI=1S/C25H26N6O2/c26-9-8-16-2-1-3-17(10-16)20-12-22(33-31-20)23-24(27)28-14-21(30-23)19-11-18(25(32)29-13-19)7-6-15-4-5-15/h1-3,10-15H,4-9,26H2,(H2,27,28)(H,29,32). The minimum Gasteiger partial charge on any atom is -0.382 e. The number of anilines is 1. The van der Waals surface area contributed by atoms with Crippen molar-refractivity contribution in [3.63, 3.8) is 0 Å². The van der Waals surface area contributed by atoms with E-state index in [0.29, 0.717) is 29.4 Å². The molecule has 0 amide bonds. The van der Waals surface area contributed by atoms with E-state index in [4.69, 9.17) is 16.0 Å². The maximum Gasteiger partial charge on any atom is 0.251 e. The lowest BCUT2D eigenvalue weighted by atomic mass is 10.1. The molecule has 8 nitrogen and oxygen atoms in total. The highest BCUT2D eigenvalue weighted by Gasteiger charge is 2.21.